The summed E-state index contributed by atoms with van der Waals surface area (Å²) in [5.74, 6) is 0.0303. The summed E-state index contributed by atoms with van der Waals surface area (Å²) in [6.07, 6.45) is 1.11. The van der Waals surface area contributed by atoms with Crippen molar-refractivity contribution in [3.63, 3.8) is 0 Å². The van der Waals surface area contributed by atoms with Crippen molar-refractivity contribution in [2.75, 3.05) is 39.6 Å². The van der Waals surface area contributed by atoms with E-state index in [1.807, 2.05) is 24.3 Å². The van der Waals surface area contributed by atoms with Crippen molar-refractivity contribution in [1.82, 2.24) is 0 Å². The molecule has 0 N–H and O–H groups in total. The molecule has 0 unspecified atom stereocenters. The van der Waals surface area contributed by atoms with Crippen LogP contribution in [0.25, 0.3) is 11.1 Å². The van der Waals surface area contributed by atoms with E-state index in [-0.39, 0.29) is 12.4 Å². The molecular weight excluding hydrogens is 351 g/mol. The first-order chi connectivity index (χ1) is 13.2. The fourth-order valence-electron chi connectivity index (χ4n) is 2.19. The number of ether oxygens (including phenoxy) is 4. The lowest BCUT2D eigenvalue weighted by Gasteiger charge is -2.09. The molecule has 0 fully saturated rings. The number of hydrogen-bond acceptors (Lipinski definition) is 5. The molecule has 0 heterocycles. The van der Waals surface area contributed by atoms with E-state index in [9.17, 15) is 9.18 Å². The first-order valence-corrected chi connectivity index (χ1v) is 8.62. The van der Waals surface area contributed by atoms with Crippen molar-refractivity contribution >= 4 is 5.97 Å². The third kappa shape index (κ3) is 8.02. The van der Waals surface area contributed by atoms with Crippen molar-refractivity contribution < 1.29 is 28.1 Å². The maximum Gasteiger partial charge on any atom is 0.330 e. The van der Waals surface area contributed by atoms with Crippen LogP contribution >= 0.6 is 0 Å². The van der Waals surface area contributed by atoms with Gasteiger partial charge in [-0.05, 0) is 35.4 Å². The van der Waals surface area contributed by atoms with Crippen molar-refractivity contribution in [2.45, 2.75) is 0 Å². The Labute approximate surface area is 158 Å². The molecule has 0 amide bonds. The normalized spacial score (nSPS) is 10.4. The molecule has 2 rings (SSSR count). The summed E-state index contributed by atoms with van der Waals surface area (Å²) in [5.41, 5.74) is 1.94. The van der Waals surface area contributed by atoms with Crippen LogP contribution in [-0.4, -0.2) is 45.6 Å². The fourth-order valence-corrected chi connectivity index (χ4v) is 2.19. The van der Waals surface area contributed by atoms with Gasteiger partial charge in [-0.25, -0.2) is 9.18 Å². The zero-order valence-electron chi connectivity index (χ0n) is 15.1. The molecule has 0 aliphatic rings. The monoisotopic (exact) mass is 374 g/mol. The molecule has 0 bridgehead atoms. The Morgan fingerprint density at radius 1 is 0.815 bits per heavy atom. The Balaban J connectivity index is 1.54. The number of halogens is 1. The second-order valence-electron chi connectivity index (χ2n) is 5.48. The van der Waals surface area contributed by atoms with Crippen molar-refractivity contribution in [3.05, 3.63) is 67.0 Å². The third-order valence-corrected chi connectivity index (χ3v) is 3.54. The Kier molecular flexibility index (Phi) is 9.03. The van der Waals surface area contributed by atoms with Crippen LogP contribution in [0.2, 0.25) is 0 Å². The Bertz CT molecular complexity index is 698. The van der Waals surface area contributed by atoms with E-state index >= 15 is 0 Å². The second kappa shape index (κ2) is 11.8. The first kappa shape index (κ1) is 20.6. The average molecular weight is 374 g/mol. The number of carbonyl (C=O) groups excluding carboxylic acids is 1. The van der Waals surface area contributed by atoms with Gasteiger partial charge in [0.2, 0.25) is 0 Å². The van der Waals surface area contributed by atoms with E-state index in [0.29, 0.717) is 33.0 Å². The molecule has 6 heteroatoms. The van der Waals surface area contributed by atoms with E-state index in [2.05, 4.69) is 6.58 Å². The van der Waals surface area contributed by atoms with E-state index in [1.165, 1.54) is 12.1 Å². The lowest BCUT2D eigenvalue weighted by molar-refractivity contribution is -0.139. The van der Waals surface area contributed by atoms with Crippen LogP contribution in [0.3, 0.4) is 0 Å². The number of hydrogen-bond donors (Lipinski definition) is 0. The molecule has 0 spiro atoms. The van der Waals surface area contributed by atoms with Crippen molar-refractivity contribution in [3.8, 4) is 16.9 Å². The van der Waals surface area contributed by atoms with Crippen molar-refractivity contribution in [2.24, 2.45) is 0 Å². The van der Waals surface area contributed by atoms with E-state index in [1.54, 1.807) is 12.1 Å². The zero-order valence-corrected chi connectivity index (χ0v) is 15.1. The zero-order chi connectivity index (χ0) is 19.3. The Morgan fingerprint density at radius 3 is 1.93 bits per heavy atom. The minimum atomic E-state index is -0.460. The minimum Gasteiger partial charge on any atom is -0.491 e. The topological polar surface area (TPSA) is 54.0 Å². The maximum atomic E-state index is 13.0. The molecule has 0 saturated heterocycles. The number of carbonyl (C=O) groups is 1. The van der Waals surface area contributed by atoms with Crippen LogP contribution < -0.4 is 4.74 Å². The van der Waals surface area contributed by atoms with Gasteiger partial charge >= 0.3 is 5.97 Å². The third-order valence-electron chi connectivity index (χ3n) is 3.54. The highest BCUT2D eigenvalue weighted by Gasteiger charge is 2.00. The highest BCUT2D eigenvalue weighted by Crippen LogP contribution is 2.22. The van der Waals surface area contributed by atoms with Crippen LogP contribution in [0.4, 0.5) is 4.39 Å². The molecule has 5 nitrogen and oxygen atoms in total. The van der Waals surface area contributed by atoms with Gasteiger partial charge in [0.25, 0.3) is 0 Å². The van der Waals surface area contributed by atoms with Gasteiger partial charge in [0.1, 0.15) is 24.8 Å². The lowest BCUT2D eigenvalue weighted by atomic mass is 10.1. The van der Waals surface area contributed by atoms with E-state index in [0.717, 1.165) is 23.0 Å². The summed E-state index contributed by atoms with van der Waals surface area (Å²) in [6.45, 7) is 5.53. The highest BCUT2D eigenvalue weighted by atomic mass is 19.1. The fraction of sp³-hybridized carbons (Fsp3) is 0.286. The molecule has 0 radical (unpaired) electrons. The Morgan fingerprint density at radius 2 is 1.33 bits per heavy atom. The van der Waals surface area contributed by atoms with Gasteiger partial charge in [0.15, 0.2) is 0 Å². The predicted octanol–water partition coefficient (Wildman–Crippen LogP) is 3.63. The van der Waals surface area contributed by atoms with Gasteiger partial charge in [-0.2, -0.15) is 0 Å². The average Bonchev–Trinajstić information content (AvgIpc) is 2.70. The SMILES string of the molecule is C=CC(=O)OCCOCCOCCOc1ccc(-c2ccc(F)cc2)cc1. The van der Waals surface area contributed by atoms with E-state index < -0.39 is 5.97 Å². The summed E-state index contributed by atoms with van der Waals surface area (Å²) in [5, 5.41) is 0. The van der Waals surface area contributed by atoms with Crippen LogP contribution in [0.5, 0.6) is 5.75 Å². The number of benzene rings is 2. The molecule has 144 valence electrons. The van der Waals surface area contributed by atoms with Crippen LogP contribution in [0.15, 0.2) is 61.2 Å². The van der Waals surface area contributed by atoms with E-state index in [4.69, 9.17) is 18.9 Å². The predicted molar refractivity (Wildman–Crippen MR) is 100 cm³/mol. The molecule has 0 aliphatic heterocycles. The Hall–Kier alpha value is -2.70. The quantitative estimate of drug-likeness (QED) is 0.323. The summed E-state index contributed by atoms with van der Waals surface area (Å²) >= 11 is 0. The van der Waals surface area contributed by atoms with Gasteiger partial charge in [0.05, 0.1) is 26.4 Å². The molecule has 0 atom stereocenters. The number of rotatable bonds is 12. The minimum absolute atomic E-state index is 0.196. The van der Waals surface area contributed by atoms with Gasteiger partial charge in [-0.1, -0.05) is 30.8 Å². The van der Waals surface area contributed by atoms with Gasteiger partial charge in [-0.3, -0.25) is 0 Å². The van der Waals surface area contributed by atoms with Gasteiger partial charge in [0, 0.05) is 6.08 Å². The van der Waals surface area contributed by atoms with Gasteiger partial charge in [-0.15, -0.1) is 0 Å². The van der Waals surface area contributed by atoms with Crippen molar-refractivity contribution in [1.29, 1.82) is 0 Å². The second-order valence-corrected chi connectivity index (χ2v) is 5.48. The number of esters is 1. The molecule has 27 heavy (non-hydrogen) atoms. The molecule has 0 aliphatic carbocycles. The smallest absolute Gasteiger partial charge is 0.330 e. The van der Waals surface area contributed by atoms with Crippen LogP contribution in [0, 0.1) is 5.82 Å². The highest BCUT2D eigenvalue weighted by molar-refractivity contribution is 5.81. The van der Waals surface area contributed by atoms with Gasteiger partial charge < -0.3 is 18.9 Å². The summed E-state index contributed by atoms with van der Waals surface area (Å²) < 4.78 is 34.0. The molecule has 2 aromatic rings. The summed E-state index contributed by atoms with van der Waals surface area (Å²) in [4.78, 5) is 10.8. The first-order valence-electron chi connectivity index (χ1n) is 8.62. The molecule has 0 saturated carbocycles. The molecular formula is C21H23FO5. The summed E-state index contributed by atoms with van der Waals surface area (Å²) in [7, 11) is 0. The van der Waals surface area contributed by atoms with Crippen LogP contribution in [-0.2, 0) is 19.0 Å². The lowest BCUT2D eigenvalue weighted by Crippen LogP contribution is -2.13. The molecule has 0 aromatic heterocycles. The van der Waals surface area contributed by atoms with Crippen LogP contribution in [0.1, 0.15) is 0 Å². The largest absolute Gasteiger partial charge is 0.491 e. The molecule has 2 aromatic carbocycles. The summed E-state index contributed by atoms with van der Waals surface area (Å²) in [6, 6.07) is 13.9. The maximum absolute atomic E-state index is 13.0. The standard InChI is InChI=1S/C21H23FO5/c1-2-21(23)27-16-14-25-12-11-24-13-15-26-20-9-5-18(6-10-20)17-3-7-19(22)8-4-17/h2-10H,1,11-16H2.